The fourth-order valence-electron chi connectivity index (χ4n) is 0. The zero-order chi connectivity index (χ0) is 3.58. The van der Waals surface area contributed by atoms with E-state index in [2.05, 4.69) is 0 Å². The van der Waals surface area contributed by atoms with Crippen LogP contribution in [0.4, 0.5) is 0 Å². The van der Waals surface area contributed by atoms with E-state index in [9.17, 15) is 0 Å². The third-order valence-corrected chi connectivity index (χ3v) is 0. The summed E-state index contributed by atoms with van der Waals surface area (Å²) >= 11 is 0. The van der Waals surface area contributed by atoms with Crippen LogP contribution >= 0.6 is 0 Å². The van der Waals surface area contributed by atoms with Gasteiger partial charge in [0.15, 0.2) is 0 Å². The minimum Gasteiger partial charge on any atom is -1.00 e. The van der Waals surface area contributed by atoms with E-state index in [1.807, 2.05) is 0 Å². The van der Waals surface area contributed by atoms with Crippen LogP contribution in [0.5, 0.6) is 0 Å². The molecule has 0 unspecified atom stereocenters. The maximum atomic E-state index is 8.52. The second kappa shape index (κ2) is 37.7. The summed E-state index contributed by atoms with van der Waals surface area (Å²) < 4.78 is 8.52. The molecule has 10 heavy (non-hydrogen) atoms. The number of hydrogen-bond donors (Lipinski definition) is 0. The van der Waals surface area contributed by atoms with Gasteiger partial charge in [0.1, 0.15) is 0 Å². The Hall–Kier alpha value is 4.34. The van der Waals surface area contributed by atoms with Crippen LogP contribution in [0, 0.1) is 0 Å². The van der Waals surface area contributed by atoms with Crippen molar-refractivity contribution >= 4 is 55.3 Å². The van der Waals surface area contributed by atoms with Crippen LogP contribution in [-0.4, -0.2) is 55.3 Å². The molecule has 0 amide bonds. The van der Waals surface area contributed by atoms with Crippen molar-refractivity contribution in [2.24, 2.45) is 0 Å². The van der Waals surface area contributed by atoms with Crippen molar-refractivity contribution < 1.29 is 119 Å². The van der Waals surface area contributed by atoms with Crippen molar-refractivity contribution in [1.29, 1.82) is 0 Å². The quantitative estimate of drug-likeness (QED) is 0.357. The van der Waals surface area contributed by atoms with E-state index in [0.717, 1.165) is 0 Å². The minimum absolute atomic E-state index is 0. The molecule has 3 nitrogen and oxygen atoms in total. The van der Waals surface area contributed by atoms with Crippen molar-refractivity contribution in [3.05, 3.63) is 0 Å². The fraction of sp³-hybridized carbons (Fsp3) is 0. The Balaban J connectivity index is -0.000000000682. The molecule has 0 saturated heterocycles. The van der Waals surface area contributed by atoms with E-state index in [4.69, 9.17) is 14.1 Å². The van der Waals surface area contributed by atoms with Gasteiger partial charge in [-0.2, -0.15) is 0 Å². The minimum atomic E-state index is -3.63. The molecule has 0 fully saturated rings. The first-order chi connectivity index (χ1) is 1.73. The first-order valence-corrected chi connectivity index (χ1v) is 1.84. The van der Waals surface area contributed by atoms with Crippen molar-refractivity contribution in [3.8, 4) is 0 Å². The van der Waals surface area contributed by atoms with Gasteiger partial charge in [-0.25, -0.2) is 0 Å². The van der Waals surface area contributed by atoms with Crippen LogP contribution in [0.2, 0.25) is 0 Å². The summed E-state index contributed by atoms with van der Waals surface area (Å²) in [5.74, 6) is 0. The smallest absolute Gasteiger partial charge is 1.00 e. The van der Waals surface area contributed by atoms with E-state index in [1.165, 1.54) is 0 Å². The van der Waals surface area contributed by atoms with Gasteiger partial charge >= 0.3 is 143 Å². The molecule has 0 aromatic rings. The molecule has 0 aromatic heterocycles. The number of hydrogen-bond acceptors (Lipinski definition) is 3. The van der Waals surface area contributed by atoms with E-state index in [0.29, 0.717) is 0 Å². The molecule has 0 aliphatic carbocycles. The van der Waals surface area contributed by atoms with Crippen LogP contribution in [0.15, 0.2) is 0 Å². The molecule has 0 atom stereocenters. The summed E-state index contributed by atoms with van der Waals surface area (Å²) in [5, 5.41) is 0. The van der Waals surface area contributed by atoms with Gasteiger partial charge in [-0.3, -0.25) is 0 Å². The summed E-state index contributed by atoms with van der Waals surface area (Å²) in [7, 11) is -3.63. The molecule has 10 heteroatoms. The van der Waals surface area contributed by atoms with Crippen LogP contribution < -0.4 is 106 Å². The molecular formula is H6Li2Mg2Na2O3Si. The summed E-state index contributed by atoms with van der Waals surface area (Å²) in [5.41, 5.74) is 0. The first-order valence-electron chi connectivity index (χ1n) is 0.612. The van der Waals surface area contributed by atoms with Gasteiger partial charge in [0, 0.05) is 9.17 Å². The van der Waals surface area contributed by atoms with Gasteiger partial charge in [0.25, 0.3) is 0 Å². The summed E-state index contributed by atoms with van der Waals surface area (Å²) in [6.45, 7) is 0. The third kappa shape index (κ3) is 84.2. The zero-order valence-electron chi connectivity index (χ0n) is 13.1. The van der Waals surface area contributed by atoms with E-state index in [-0.39, 0.29) is 152 Å². The maximum Gasteiger partial charge on any atom is 2.00 e. The molecule has 0 radical (unpaired) electrons. The second-order valence-electron chi connectivity index (χ2n) is 0.250. The molecule has 0 aliphatic heterocycles. The largest absolute Gasteiger partial charge is 2.00 e. The van der Waals surface area contributed by atoms with E-state index >= 15 is 0 Å². The van der Waals surface area contributed by atoms with Crippen LogP contribution in [0.3, 0.4) is 0 Å². The molecule has 0 bridgehead atoms. The predicted octanol–water partition coefficient (Wildman–Crippen LogP) is -14.9. The third-order valence-electron chi connectivity index (χ3n) is 0. The number of rotatable bonds is 0. The van der Waals surface area contributed by atoms with E-state index < -0.39 is 9.17 Å². The van der Waals surface area contributed by atoms with Gasteiger partial charge in [0.2, 0.25) is 0 Å². The van der Waals surface area contributed by atoms with Crippen molar-refractivity contribution in [1.82, 2.24) is 0 Å². The van der Waals surface area contributed by atoms with Gasteiger partial charge in [-0.15, -0.1) is 0 Å². The van der Waals surface area contributed by atoms with Gasteiger partial charge < -0.3 is 22.6 Å². The summed E-state index contributed by atoms with van der Waals surface area (Å²) in [6, 6.07) is 0. The Morgan fingerprint density at radius 1 is 1.00 bits per heavy atom. The molecule has 0 rings (SSSR count). The van der Waals surface area contributed by atoms with Gasteiger partial charge in [-0.1, -0.05) is 0 Å². The SMILES string of the molecule is O=[Si]([O-])[O-].[H-].[H-].[H-].[H-].[H-].[H-].[Li+].[Li+].[Mg+2].[Mg+2].[Na+].[Na+]. The molecule has 0 spiro atoms. The van der Waals surface area contributed by atoms with Gasteiger partial charge in [-0.05, 0) is 0 Å². The van der Waals surface area contributed by atoms with Gasteiger partial charge in [0.05, 0.1) is 0 Å². The van der Waals surface area contributed by atoms with Crippen LogP contribution in [0.25, 0.3) is 0 Å². The Morgan fingerprint density at radius 3 is 1.00 bits per heavy atom. The molecule has 0 N–H and O–H groups in total. The average molecular weight is 191 g/mol. The Bertz CT molecular complexity index is 60.8. The Morgan fingerprint density at radius 2 is 1.00 bits per heavy atom. The Labute approximate surface area is 171 Å². The summed E-state index contributed by atoms with van der Waals surface area (Å²) in [6.07, 6.45) is 0. The molecule has 36 valence electrons. The van der Waals surface area contributed by atoms with E-state index in [1.54, 1.807) is 0 Å². The first kappa shape index (κ1) is 47.4. The van der Waals surface area contributed by atoms with Crippen LogP contribution in [-0.2, 0) is 4.46 Å². The monoisotopic (exact) mass is 190 g/mol. The molecule has 0 aromatic carbocycles. The topological polar surface area (TPSA) is 63.2 Å². The molecule has 0 aliphatic rings. The van der Waals surface area contributed by atoms with Crippen molar-refractivity contribution in [2.45, 2.75) is 0 Å². The predicted molar refractivity (Wildman–Crippen MR) is 24.6 cm³/mol. The average Bonchev–Trinajstić information content (AvgIpc) is 0.811. The summed E-state index contributed by atoms with van der Waals surface area (Å²) in [4.78, 5) is 17.0. The van der Waals surface area contributed by atoms with Crippen molar-refractivity contribution in [2.75, 3.05) is 0 Å². The normalized spacial score (nSPS) is 2.40. The Kier molecular flexibility index (Phi) is 179. The molecular weight excluding hydrogens is 185 g/mol. The standard InChI is InChI=1S/2Li.2Mg.2Na.O3Si.6H/c;;;;;;1-4(2)3;;;;;;/q2*+1;2*+2;2*+1;-2;6*-1. The maximum absolute atomic E-state index is 8.52. The molecule has 0 heterocycles. The second-order valence-corrected chi connectivity index (χ2v) is 0.750. The van der Waals surface area contributed by atoms with Crippen LogP contribution in [0.1, 0.15) is 8.56 Å². The van der Waals surface area contributed by atoms with Crippen molar-refractivity contribution in [3.63, 3.8) is 0 Å². The fourth-order valence-corrected chi connectivity index (χ4v) is 0. The molecule has 0 saturated carbocycles. The zero-order valence-corrected chi connectivity index (χ0v) is 15.0.